The number of benzene rings is 1. The first-order valence-electron chi connectivity index (χ1n) is 5.38. The Bertz CT molecular complexity index is 435. The molecule has 3 rings (SSSR count). The lowest BCUT2D eigenvalue weighted by atomic mass is 9.91. The van der Waals surface area contributed by atoms with Gasteiger partial charge in [-0.1, -0.05) is 30.3 Å². The first kappa shape index (κ1) is 8.84. The first-order valence-corrected chi connectivity index (χ1v) is 5.38. The molecule has 0 radical (unpaired) electrons. The fourth-order valence-corrected chi connectivity index (χ4v) is 2.80. The Morgan fingerprint density at radius 2 is 2.00 bits per heavy atom. The Kier molecular flexibility index (Phi) is 1.64. The van der Waals surface area contributed by atoms with Crippen LogP contribution in [0.5, 0.6) is 0 Å². The molecule has 0 heterocycles. The lowest BCUT2D eigenvalue weighted by Crippen LogP contribution is -2.23. The van der Waals surface area contributed by atoms with Crippen LogP contribution in [0.1, 0.15) is 29.6 Å². The van der Waals surface area contributed by atoms with Gasteiger partial charge in [0.1, 0.15) is 5.78 Å². The van der Waals surface area contributed by atoms with E-state index in [1.54, 1.807) is 12.1 Å². The average Bonchev–Trinajstić information content (AvgIpc) is 2.94. The molecule has 76 valence electrons. The topological polar surface area (TPSA) is 34.1 Å². The van der Waals surface area contributed by atoms with Gasteiger partial charge in [0, 0.05) is 12.0 Å². The molecule has 2 nitrogen and oxygen atoms in total. The van der Waals surface area contributed by atoms with Crippen LogP contribution in [0.2, 0.25) is 0 Å². The van der Waals surface area contributed by atoms with Gasteiger partial charge in [0.15, 0.2) is 5.78 Å². The van der Waals surface area contributed by atoms with Gasteiger partial charge in [-0.2, -0.15) is 0 Å². The van der Waals surface area contributed by atoms with Crippen LogP contribution in [0.25, 0.3) is 0 Å². The molecule has 2 saturated carbocycles. The van der Waals surface area contributed by atoms with Crippen LogP contribution in [-0.2, 0) is 4.79 Å². The second-order valence-corrected chi connectivity index (χ2v) is 4.53. The minimum absolute atomic E-state index is 0.0515. The standard InChI is InChI=1S/C13H12O2/c14-11-7-6-10-8-13(10,11)12(15)9-4-2-1-3-5-9/h1-5,10H,6-8H2/t10-,13-/m0/s1. The van der Waals surface area contributed by atoms with E-state index in [4.69, 9.17) is 0 Å². The highest BCUT2D eigenvalue weighted by Gasteiger charge is 2.67. The number of hydrogen-bond donors (Lipinski definition) is 0. The second-order valence-electron chi connectivity index (χ2n) is 4.53. The van der Waals surface area contributed by atoms with Crippen LogP contribution in [0, 0.1) is 11.3 Å². The van der Waals surface area contributed by atoms with Gasteiger partial charge in [0.05, 0.1) is 5.41 Å². The molecular weight excluding hydrogens is 188 g/mol. The molecule has 0 aromatic heterocycles. The number of carbonyl (C=O) groups excluding carboxylic acids is 2. The molecule has 0 spiro atoms. The Labute approximate surface area is 88.3 Å². The maximum absolute atomic E-state index is 12.2. The third-order valence-electron chi connectivity index (χ3n) is 3.76. The predicted molar refractivity (Wildman–Crippen MR) is 55.6 cm³/mol. The number of hydrogen-bond acceptors (Lipinski definition) is 2. The maximum Gasteiger partial charge on any atom is 0.176 e. The van der Waals surface area contributed by atoms with Crippen molar-refractivity contribution in [1.29, 1.82) is 0 Å². The van der Waals surface area contributed by atoms with Crippen molar-refractivity contribution in [3.8, 4) is 0 Å². The van der Waals surface area contributed by atoms with E-state index in [0.717, 1.165) is 12.8 Å². The molecule has 2 fully saturated rings. The number of fused-ring (bicyclic) bond motifs is 1. The monoisotopic (exact) mass is 200 g/mol. The zero-order valence-electron chi connectivity index (χ0n) is 8.40. The van der Waals surface area contributed by atoms with Crippen LogP contribution in [0.4, 0.5) is 0 Å². The van der Waals surface area contributed by atoms with Crippen molar-refractivity contribution in [1.82, 2.24) is 0 Å². The van der Waals surface area contributed by atoms with Crippen molar-refractivity contribution in [3.05, 3.63) is 35.9 Å². The van der Waals surface area contributed by atoms with Gasteiger partial charge in [-0.25, -0.2) is 0 Å². The first-order chi connectivity index (χ1) is 7.25. The zero-order chi connectivity index (χ0) is 10.5. The molecule has 0 bridgehead atoms. The average molecular weight is 200 g/mol. The largest absolute Gasteiger partial charge is 0.299 e. The van der Waals surface area contributed by atoms with Crippen molar-refractivity contribution in [2.45, 2.75) is 19.3 Å². The second kappa shape index (κ2) is 2.78. The Morgan fingerprint density at radius 3 is 2.53 bits per heavy atom. The smallest absolute Gasteiger partial charge is 0.176 e. The summed E-state index contributed by atoms with van der Waals surface area (Å²) in [4.78, 5) is 23.9. The van der Waals surface area contributed by atoms with Crippen molar-refractivity contribution in [2.24, 2.45) is 11.3 Å². The summed E-state index contributed by atoms with van der Waals surface area (Å²) in [5, 5.41) is 0. The van der Waals surface area contributed by atoms with Crippen molar-refractivity contribution in [2.75, 3.05) is 0 Å². The van der Waals surface area contributed by atoms with Gasteiger partial charge in [-0.05, 0) is 18.8 Å². The van der Waals surface area contributed by atoms with E-state index in [0.29, 0.717) is 17.9 Å². The van der Waals surface area contributed by atoms with E-state index in [1.807, 2.05) is 18.2 Å². The molecule has 15 heavy (non-hydrogen) atoms. The zero-order valence-corrected chi connectivity index (χ0v) is 8.40. The van der Waals surface area contributed by atoms with Crippen LogP contribution < -0.4 is 0 Å². The minimum atomic E-state index is -0.596. The number of Topliss-reactive ketones (excluding diaryl/α,β-unsaturated/α-hetero) is 2. The Balaban J connectivity index is 1.97. The lowest BCUT2D eigenvalue weighted by Gasteiger charge is -2.08. The van der Waals surface area contributed by atoms with Crippen LogP contribution in [-0.4, -0.2) is 11.6 Å². The third-order valence-corrected chi connectivity index (χ3v) is 3.76. The number of carbonyl (C=O) groups is 2. The fraction of sp³-hybridized carbons (Fsp3) is 0.385. The summed E-state index contributed by atoms with van der Waals surface area (Å²) in [7, 11) is 0. The van der Waals surface area contributed by atoms with E-state index >= 15 is 0 Å². The summed E-state index contributed by atoms with van der Waals surface area (Å²) in [6.07, 6.45) is 2.31. The van der Waals surface area contributed by atoms with E-state index in [2.05, 4.69) is 0 Å². The maximum atomic E-state index is 12.2. The van der Waals surface area contributed by atoms with Crippen LogP contribution >= 0.6 is 0 Å². The molecule has 1 aromatic rings. The van der Waals surface area contributed by atoms with Gasteiger partial charge in [-0.15, -0.1) is 0 Å². The summed E-state index contributed by atoms with van der Waals surface area (Å²) in [6, 6.07) is 9.19. The summed E-state index contributed by atoms with van der Waals surface area (Å²) in [6.45, 7) is 0. The van der Waals surface area contributed by atoms with Crippen molar-refractivity contribution in [3.63, 3.8) is 0 Å². The molecule has 2 heteroatoms. The highest BCUT2D eigenvalue weighted by atomic mass is 16.2. The Hall–Kier alpha value is -1.44. The highest BCUT2D eigenvalue weighted by molar-refractivity contribution is 6.18. The van der Waals surface area contributed by atoms with E-state index in [1.165, 1.54) is 0 Å². The summed E-state index contributed by atoms with van der Waals surface area (Å²) >= 11 is 0. The summed E-state index contributed by atoms with van der Waals surface area (Å²) in [5.41, 5.74) is 0.0942. The van der Waals surface area contributed by atoms with Gasteiger partial charge in [-0.3, -0.25) is 9.59 Å². The van der Waals surface area contributed by atoms with E-state index in [-0.39, 0.29) is 11.6 Å². The summed E-state index contributed by atoms with van der Waals surface area (Å²) in [5.74, 6) is 0.564. The summed E-state index contributed by atoms with van der Waals surface area (Å²) < 4.78 is 0. The lowest BCUT2D eigenvalue weighted by molar-refractivity contribution is -0.121. The van der Waals surface area contributed by atoms with Gasteiger partial charge in [0.25, 0.3) is 0 Å². The quantitative estimate of drug-likeness (QED) is 0.542. The molecular formula is C13H12O2. The normalized spacial score (nSPS) is 32.5. The molecule has 0 saturated heterocycles. The van der Waals surface area contributed by atoms with E-state index < -0.39 is 5.41 Å². The molecule has 0 unspecified atom stereocenters. The molecule has 0 amide bonds. The number of ketones is 2. The Morgan fingerprint density at radius 1 is 1.27 bits per heavy atom. The van der Waals surface area contributed by atoms with E-state index in [9.17, 15) is 9.59 Å². The van der Waals surface area contributed by atoms with Crippen LogP contribution in [0.15, 0.2) is 30.3 Å². The molecule has 2 atom stereocenters. The molecule has 0 N–H and O–H groups in total. The molecule has 2 aliphatic rings. The highest BCUT2D eigenvalue weighted by Crippen LogP contribution is 2.62. The SMILES string of the molecule is O=C1CC[C@H]2C[C@@]12C(=O)c1ccccc1. The number of rotatable bonds is 2. The minimum Gasteiger partial charge on any atom is -0.299 e. The third kappa shape index (κ3) is 1.05. The van der Waals surface area contributed by atoms with Crippen molar-refractivity contribution >= 4 is 11.6 Å². The van der Waals surface area contributed by atoms with Gasteiger partial charge in [0.2, 0.25) is 0 Å². The van der Waals surface area contributed by atoms with Gasteiger partial charge >= 0.3 is 0 Å². The van der Waals surface area contributed by atoms with Crippen LogP contribution in [0.3, 0.4) is 0 Å². The molecule has 0 aliphatic heterocycles. The fourth-order valence-electron chi connectivity index (χ4n) is 2.80. The predicted octanol–water partition coefficient (Wildman–Crippen LogP) is 2.24. The molecule has 2 aliphatic carbocycles. The van der Waals surface area contributed by atoms with Crippen molar-refractivity contribution < 1.29 is 9.59 Å². The molecule has 1 aromatic carbocycles. The van der Waals surface area contributed by atoms with Gasteiger partial charge < -0.3 is 0 Å².